The summed E-state index contributed by atoms with van der Waals surface area (Å²) in [4.78, 5) is 3.95. The summed E-state index contributed by atoms with van der Waals surface area (Å²) in [7, 11) is 0. The zero-order chi connectivity index (χ0) is 11.4. The van der Waals surface area contributed by atoms with Gasteiger partial charge in [-0.3, -0.25) is 0 Å². The van der Waals surface area contributed by atoms with Gasteiger partial charge < -0.3 is 11.5 Å². The fourth-order valence-electron chi connectivity index (χ4n) is 1.03. The van der Waals surface area contributed by atoms with Crippen molar-refractivity contribution in [1.29, 1.82) is 0 Å². The number of hydrogen-bond donors (Lipinski definition) is 2. The Morgan fingerprint density at radius 1 is 1.60 bits per heavy atom. The molecule has 0 saturated carbocycles. The van der Waals surface area contributed by atoms with Crippen LogP contribution in [-0.2, 0) is 0 Å². The van der Waals surface area contributed by atoms with Crippen LogP contribution >= 0.6 is 11.6 Å². The van der Waals surface area contributed by atoms with Gasteiger partial charge in [-0.25, -0.2) is 4.98 Å². The molecule has 0 unspecified atom stereocenters. The maximum Gasteiger partial charge on any atom is 0.142 e. The van der Waals surface area contributed by atoms with E-state index in [9.17, 15) is 0 Å². The Labute approximate surface area is 94.8 Å². The highest BCUT2D eigenvalue weighted by atomic mass is 35.5. The van der Waals surface area contributed by atoms with E-state index in [0.29, 0.717) is 17.3 Å². The van der Waals surface area contributed by atoms with Crippen LogP contribution in [0.3, 0.4) is 0 Å². The van der Waals surface area contributed by atoms with E-state index in [1.54, 1.807) is 6.20 Å². The maximum absolute atomic E-state index is 5.94. The van der Waals surface area contributed by atoms with Gasteiger partial charge in [0, 0.05) is 24.2 Å². The van der Waals surface area contributed by atoms with Gasteiger partial charge in [-0.15, -0.1) is 0 Å². The number of nitrogen functional groups attached to an aromatic ring is 1. The lowest BCUT2D eigenvalue weighted by Gasteiger charge is -2.03. The van der Waals surface area contributed by atoms with Gasteiger partial charge in [0.1, 0.15) is 5.82 Å². The Hall–Kier alpha value is -1.24. The highest BCUT2D eigenvalue weighted by Crippen LogP contribution is 2.22. The minimum absolute atomic E-state index is 0.0787. The van der Waals surface area contributed by atoms with Gasteiger partial charge in [0.15, 0.2) is 0 Å². The summed E-state index contributed by atoms with van der Waals surface area (Å²) in [5.41, 5.74) is 12.8. The summed E-state index contributed by atoms with van der Waals surface area (Å²) in [6.45, 7) is 3.78. The van der Waals surface area contributed by atoms with Crippen molar-refractivity contribution in [3.8, 4) is 11.8 Å². The summed E-state index contributed by atoms with van der Waals surface area (Å²) >= 11 is 5.94. The number of halogens is 1. The Morgan fingerprint density at radius 2 is 2.27 bits per heavy atom. The molecule has 0 bridgehead atoms. The molecular formula is C11H14ClN3. The Morgan fingerprint density at radius 3 is 2.87 bits per heavy atom. The van der Waals surface area contributed by atoms with E-state index in [-0.39, 0.29) is 6.04 Å². The first-order valence-electron chi connectivity index (χ1n) is 4.67. The molecule has 1 atom stereocenters. The van der Waals surface area contributed by atoms with Crippen molar-refractivity contribution in [2.75, 3.05) is 5.73 Å². The van der Waals surface area contributed by atoms with Gasteiger partial charge in [-0.1, -0.05) is 23.4 Å². The van der Waals surface area contributed by atoms with Gasteiger partial charge in [0.2, 0.25) is 0 Å². The molecule has 0 fully saturated rings. The van der Waals surface area contributed by atoms with Gasteiger partial charge >= 0.3 is 0 Å². The second kappa shape index (κ2) is 5.01. The molecule has 4 heteroatoms. The molecule has 0 aliphatic rings. The first-order valence-corrected chi connectivity index (χ1v) is 5.05. The van der Waals surface area contributed by atoms with Crippen LogP contribution in [0.15, 0.2) is 6.20 Å². The quantitative estimate of drug-likeness (QED) is 0.713. The lowest BCUT2D eigenvalue weighted by molar-refractivity contribution is 0.771. The topological polar surface area (TPSA) is 64.9 Å². The summed E-state index contributed by atoms with van der Waals surface area (Å²) in [5.74, 6) is 6.29. The monoisotopic (exact) mass is 223 g/mol. The van der Waals surface area contributed by atoms with E-state index in [0.717, 1.165) is 11.1 Å². The minimum Gasteiger partial charge on any atom is -0.382 e. The highest BCUT2D eigenvalue weighted by Gasteiger charge is 2.04. The number of pyridine rings is 1. The van der Waals surface area contributed by atoms with E-state index >= 15 is 0 Å². The maximum atomic E-state index is 5.94. The number of nitrogens with two attached hydrogens (primary N) is 2. The fourth-order valence-corrected chi connectivity index (χ4v) is 1.18. The Balaban J connectivity index is 2.95. The third-order valence-corrected chi connectivity index (χ3v) is 2.42. The number of rotatable bonds is 1. The van der Waals surface area contributed by atoms with Crippen LogP contribution in [0.25, 0.3) is 0 Å². The van der Waals surface area contributed by atoms with E-state index in [4.69, 9.17) is 23.1 Å². The van der Waals surface area contributed by atoms with Gasteiger partial charge in [-0.05, 0) is 19.4 Å². The van der Waals surface area contributed by atoms with E-state index < -0.39 is 0 Å². The second-order valence-corrected chi connectivity index (χ2v) is 3.86. The molecule has 1 heterocycles. The molecule has 0 radical (unpaired) electrons. The predicted molar refractivity (Wildman–Crippen MR) is 63.5 cm³/mol. The zero-order valence-electron chi connectivity index (χ0n) is 8.84. The molecule has 0 spiro atoms. The minimum atomic E-state index is 0.0787. The largest absolute Gasteiger partial charge is 0.382 e. The second-order valence-electron chi connectivity index (χ2n) is 3.48. The molecular weight excluding hydrogens is 210 g/mol. The van der Waals surface area contributed by atoms with E-state index in [1.165, 1.54) is 0 Å². The molecule has 1 aromatic rings. The summed E-state index contributed by atoms with van der Waals surface area (Å²) in [6, 6.07) is 0.0787. The molecule has 0 amide bonds. The van der Waals surface area contributed by atoms with Crippen molar-refractivity contribution in [1.82, 2.24) is 4.98 Å². The number of hydrogen-bond acceptors (Lipinski definition) is 3. The van der Waals surface area contributed by atoms with Crippen molar-refractivity contribution in [3.63, 3.8) is 0 Å². The molecule has 1 aromatic heterocycles. The van der Waals surface area contributed by atoms with Crippen LogP contribution in [0, 0.1) is 18.8 Å². The molecule has 80 valence electrons. The molecule has 4 N–H and O–H groups in total. The van der Waals surface area contributed by atoms with Crippen LogP contribution in [-0.4, -0.2) is 11.0 Å². The smallest absolute Gasteiger partial charge is 0.142 e. The molecule has 1 rings (SSSR count). The Bertz CT molecular complexity index is 416. The van der Waals surface area contributed by atoms with Gasteiger partial charge in [0.05, 0.1) is 5.02 Å². The van der Waals surface area contributed by atoms with Crippen LogP contribution in [0.5, 0.6) is 0 Å². The van der Waals surface area contributed by atoms with Crippen LogP contribution in [0.1, 0.15) is 24.5 Å². The number of nitrogens with zero attached hydrogens (tertiary/aromatic N) is 1. The molecule has 3 nitrogen and oxygen atoms in total. The first-order chi connectivity index (χ1) is 7.02. The molecule has 15 heavy (non-hydrogen) atoms. The van der Waals surface area contributed by atoms with Crippen molar-refractivity contribution >= 4 is 17.4 Å². The van der Waals surface area contributed by atoms with Crippen LogP contribution in [0.2, 0.25) is 5.02 Å². The molecule has 0 saturated heterocycles. The lowest BCUT2D eigenvalue weighted by atomic mass is 10.1. The number of anilines is 1. The average Bonchev–Trinajstić information content (AvgIpc) is 2.18. The van der Waals surface area contributed by atoms with Gasteiger partial charge in [0.25, 0.3) is 0 Å². The van der Waals surface area contributed by atoms with E-state index in [2.05, 4.69) is 16.8 Å². The van der Waals surface area contributed by atoms with Crippen LogP contribution in [0.4, 0.5) is 5.82 Å². The van der Waals surface area contributed by atoms with E-state index in [1.807, 2.05) is 13.8 Å². The van der Waals surface area contributed by atoms with Crippen LogP contribution < -0.4 is 11.5 Å². The summed E-state index contributed by atoms with van der Waals surface area (Å²) in [6.07, 6.45) is 2.28. The zero-order valence-corrected chi connectivity index (χ0v) is 9.60. The summed E-state index contributed by atoms with van der Waals surface area (Å²) < 4.78 is 0. The Kier molecular flexibility index (Phi) is 3.96. The third-order valence-electron chi connectivity index (χ3n) is 1.94. The van der Waals surface area contributed by atoms with Crippen molar-refractivity contribution in [2.24, 2.45) is 5.73 Å². The molecule has 0 aliphatic carbocycles. The van der Waals surface area contributed by atoms with Crippen molar-refractivity contribution in [3.05, 3.63) is 22.3 Å². The van der Waals surface area contributed by atoms with Crippen molar-refractivity contribution < 1.29 is 0 Å². The predicted octanol–water partition coefficient (Wildman–Crippen LogP) is 1.71. The molecule has 0 aliphatic heterocycles. The average molecular weight is 224 g/mol. The standard InChI is InChI=1S/C11H14ClN3/c1-7(13)4-3-5-9-6-15-11(14)10(12)8(9)2/h6-7H,4,13H2,1-2H3,(H2,14,15)/t7-/m0/s1. The summed E-state index contributed by atoms with van der Waals surface area (Å²) in [5, 5.41) is 0.475. The third kappa shape index (κ3) is 3.12. The normalized spacial score (nSPS) is 11.7. The van der Waals surface area contributed by atoms with Gasteiger partial charge in [-0.2, -0.15) is 0 Å². The SMILES string of the molecule is Cc1c(C#CC[C@H](C)N)cnc(N)c1Cl. The first kappa shape index (κ1) is 11.8. The lowest BCUT2D eigenvalue weighted by Crippen LogP contribution is -2.12. The highest BCUT2D eigenvalue weighted by molar-refractivity contribution is 6.33. The fraction of sp³-hybridized carbons (Fsp3) is 0.364. The number of aromatic nitrogens is 1. The molecule has 0 aromatic carbocycles. The van der Waals surface area contributed by atoms with Crippen molar-refractivity contribution in [2.45, 2.75) is 26.3 Å².